The highest BCUT2D eigenvalue weighted by molar-refractivity contribution is 5.13. The van der Waals surface area contributed by atoms with Gasteiger partial charge in [-0.15, -0.1) is 0 Å². The van der Waals surface area contributed by atoms with E-state index < -0.39 is 0 Å². The predicted octanol–water partition coefficient (Wildman–Crippen LogP) is 0.138. The summed E-state index contributed by atoms with van der Waals surface area (Å²) in [5.74, 6) is 0. The summed E-state index contributed by atoms with van der Waals surface area (Å²) >= 11 is 0. The van der Waals surface area contributed by atoms with Crippen molar-refractivity contribution in [1.29, 1.82) is 0 Å². The van der Waals surface area contributed by atoms with E-state index in [1.165, 1.54) is 5.56 Å². The highest BCUT2D eigenvalue weighted by atomic mass is 16.5. The van der Waals surface area contributed by atoms with Gasteiger partial charge in [0.1, 0.15) is 0 Å². The van der Waals surface area contributed by atoms with Crippen molar-refractivity contribution in [2.24, 2.45) is 0 Å². The number of rotatable bonds is 4. The minimum absolute atomic E-state index is 0.311. The van der Waals surface area contributed by atoms with Crippen LogP contribution in [0.2, 0.25) is 0 Å². The number of hydrogen-bond acceptors (Lipinski definition) is 4. The Morgan fingerprint density at radius 2 is 2.56 bits per heavy atom. The van der Waals surface area contributed by atoms with Crippen molar-refractivity contribution in [3.05, 3.63) is 17.5 Å². The first-order valence-electron chi connectivity index (χ1n) is 5.75. The van der Waals surface area contributed by atoms with Crippen molar-refractivity contribution in [2.45, 2.75) is 19.6 Å². The highest BCUT2D eigenvalue weighted by Crippen LogP contribution is 2.04. The van der Waals surface area contributed by atoms with Gasteiger partial charge < -0.3 is 15.0 Å². The van der Waals surface area contributed by atoms with Gasteiger partial charge >= 0.3 is 0 Å². The molecular weight excluding hydrogens is 204 g/mol. The third kappa shape index (κ3) is 3.04. The van der Waals surface area contributed by atoms with Crippen LogP contribution in [0.3, 0.4) is 0 Å². The topological polar surface area (TPSA) is 53.2 Å². The molecule has 0 aliphatic carbocycles. The summed E-state index contributed by atoms with van der Waals surface area (Å²) < 4.78 is 5.67. The van der Waals surface area contributed by atoms with E-state index >= 15 is 0 Å². The molecule has 0 radical (unpaired) electrons. The van der Waals surface area contributed by atoms with Crippen LogP contribution in [0.5, 0.6) is 0 Å². The molecule has 5 heteroatoms. The first-order chi connectivity index (χ1) is 7.75. The molecule has 2 N–H and O–H groups in total. The molecule has 1 aliphatic rings. The van der Waals surface area contributed by atoms with E-state index in [0.29, 0.717) is 6.10 Å². The van der Waals surface area contributed by atoms with E-state index in [9.17, 15) is 0 Å². The van der Waals surface area contributed by atoms with Crippen molar-refractivity contribution in [2.75, 3.05) is 33.3 Å². The predicted molar refractivity (Wildman–Crippen MR) is 62.3 cm³/mol. The van der Waals surface area contributed by atoms with Crippen LogP contribution in [0.25, 0.3) is 0 Å². The van der Waals surface area contributed by atoms with Gasteiger partial charge in [0, 0.05) is 37.4 Å². The molecule has 0 amide bonds. The number of hydrogen-bond donors (Lipinski definition) is 2. The second-order valence-electron chi connectivity index (χ2n) is 4.41. The van der Waals surface area contributed by atoms with Crippen LogP contribution >= 0.6 is 0 Å². The SMILES string of the molecule is Cc1[nH]ncc1CNCC1CN(C)CCO1. The molecule has 0 saturated carbocycles. The molecule has 0 spiro atoms. The number of nitrogens with zero attached hydrogens (tertiary/aromatic N) is 2. The summed E-state index contributed by atoms with van der Waals surface area (Å²) in [5, 5.41) is 10.3. The van der Waals surface area contributed by atoms with E-state index in [0.717, 1.165) is 38.5 Å². The van der Waals surface area contributed by atoms with E-state index in [1.807, 2.05) is 13.1 Å². The van der Waals surface area contributed by atoms with Crippen LogP contribution in [0.4, 0.5) is 0 Å². The average Bonchev–Trinajstić information content (AvgIpc) is 2.65. The van der Waals surface area contributed by atoms with Gasteiger partial charge in [0.2, 0.25) is 0 Å². The molecule has 90 valence electrons. The zero-order valence-electron chi connectivity index (χ0n) is 9.99. The molecule has 5 nitrogen and oxygen atoms in total. The normalized spacial score (nSPS) is 22.5. The van der Waals surface area contributed by atoms with Gasteiger partial charge in [0.25, 0.3) is 0 Å². The first kappa shape index (κ1) is 11.6. The van der Waals surface area contributed by atoms with Gasteiger partial charge in [-0.2, -0.15) is 5.10 Å². The maximum atomic E-state index is 5.67. The molecule has 1 aromatic rings. The standard InChI is InChI=1S/C11H20N4O/c1-9-10(6-13-14-9)5-12-7-11-8-15(2)3-4-16-11/h6,11-12H,3-5,7-8H2,1-2H3,(H,13,14). The third-order valence-corrected chi connectivity index (χ3v) is 2.96. The van der Waals surface area contributed by atoms with Gasteiger partial charge in [-0.05, 0) is 14.0 Å². The molecule has 2 heterocycles. The maximum absolute atomic E-state index is 5.67. The van der Waals surface area contributed by atoms with Crippen LogP contribution in [0, 0.1) is 6.92 Å². The second-order valence-corrected chi connectivity index (χ2v) is 4.41. The van der Waals surface area contributed by atoms with Crippen molar-refractivity contribution in [1.82, 2.24) is 20.4 Å². The molecule has 1 saturated heterocycles. The molecule has 1 unspecified atom stereocenters. The average molecular weight is 224 g/mol. The molecular formula is C11H20N4O. The Balaban J connectivity index is 1.70. The fraction of sp³-hybridized carbons (Fsp3) is 0.727. The number of aromatic nitrogens is 2. The second kappa shape index (κ2) is 5.43. The van der Waals surface area contributed by atoms with Gasteiger partial charge in [-0.25, -0.2) is 0 Å². The fourth-order valence-corrected chi connectivity index (χ4v) is 1.91. The number of aromatic amines is 1. The number of H-pyrrole nitrogens is 1. The maximum Gasteiger partial charge on any atom is 0.0826 e. The molecule has 1 aliphatic heterocycles. The number of ether oxygens (including phenoxy) is 1. The van der Waals surface area contributed by atoms with Crippen LogP contribution in [-0.4, -0.2) is 54.5 Å². The molecule has 16 heavy (non-hydrogen) atoms. The Morgan fingerprint density at radius 1 is 1.69 bits per heavy atom. The Morgan fingerprint density at radius 3 is 3.25 bits per heavy atom. The first-order valence-corrected chi connectivity index (χ1v) is 5.75. The summed E-state index contributed by atoms with van der Waals surface area (Å²) in [6, 6.07) is 0. The van der Waals surface area contributed by atoms with Crippen molar-refractivity contribution >= 4 is 0 Å². The van der Waals surface area contributed by atoms with E-state index in [1.54, 1.807) is 0 Å². The monoisotopic (exact) mass is 224 g/mol. The molecule has 0 bridgehead atoms. The molecule has 0 aromatic carbocycles. The lowest BCUT2D eigenvalue weighted by Crippen LogP contribution is -2.44. The number of likely N-dealkylation sites (N-methyl/N-ethyl adjacent to an activating group) is 1. The number of morpholine rings is 1. The van der Waals surface area contributed by atoms with Crippen molar-refractivity contribution in [3.8, 4) is 0 Å². The Labute approximate surface area is 96.2 Å². The van der Waals surface area contributed by atoms with E-state index in [2.05, 4.69) is 27.5 Å². The van der Waals surface area contributed by atoms with Crippen LogP contribution in [-0.2, 0) is 11.3 Å². The minimum Gasteiger partial charge on any atom is -0.374 e. The van der Waals surface area contributed by atoms with Gasteiger partial charge in [0.15, 0.2) is 0 Å². The molecule has 1 fully saturated rings. The van der Waals surface area contributed by atoms with Crippen molar-refractivity contribution < 1.29 is 4.74 Å². The van der Waals surface area contributed by atoms with Crippen LogP contribution in [0.15, 0.2) is 6.20 Å². The van der Waals surface area contributed by atoms with Crippen molar-refractivity contribution in [3.63, 3.8) is 0 Å². The molecule has 2 rings (SSSR count). The lowest BCUT2D eigenvalue weighted by Gasteiger charge is -2.30. The molecule has 1 atom stereocenters. The summed E-state index contributed by atoms with van der Waals surface area (Å²) in [6.07, 6.45) is 2.18. The van der Waals surface area contributed by atoms with E-state index in [4.69, 9.17) is 4.74 Å². The van der Waals surface area contributed by atoms with Crippen LogP contribution in [0.1, 0.15) is 11.3 Å². The van der Waals surface area contributed by atoms with Gasteiger partial charge in [0.05, 0.1) is 18.9 Å². The third-order valence-electron chi connectivity index (χ3n) is 2.96. The number of nitrogens with one attached hydrogen (secondary N) is 2. The Hall–Kier alpha value is -0.910. The quantitative estimate of drug-likeness (QED) is 0.764. The summed E-state index contributed by atoms with van der Waals surface area (Å²) in [6.45, 7) is 6.68. The van der Waals surface area contributed by atoms with E-state index in [-0.39, 0.29) is 0 Å². The summed E-state index contributed by atoms with van der Waals surface area (Å²) in [5.41, 5.74) is 2.36. The Bertz CT molecular complexity index is 326. The van der Waals surface area contributed by atoms with Gasteiger partial charge in [-0.1, -0.05) is 0 Å². The zero-order valence-corrected chi connectivity index (χ0v) is 9.99. The summed E-state index contributed by atoms with van der Waals surface area (Å²) in [7, 11) is 2.13. The summed E-state index contributed by atoms with van der Waals surface area (Å²) in [4.78, 5) is 2.30. The highest BCUT2D eigenvalue weighted by Gasteiger charge is 2.16. The lowest BCUT2D eigenvalue weighted by atomic mass is 10.2. The largest absolute Gasteiger partial charge is 0.374 e. The smallest absolute Gasteiger partial charge is 0.0826 e. The Kier molecular flexibility index (Phi) is 3.93. The van der Waals surface area contributed by atoms with Gasteiger partial charge in [-0.3, -0.25) is 5.10 Å². The van der Waals surface area contributed by atoms with Crippen LogP contribution < -0.4 is 5.32 Å². The molecule has 1 aromatic heterocycles. The number of aryl methyl sites for hydroxylation is 1. The zero-order chi connectivity index (χ0) is 11.4. The lowest BCUT2D eigenvalue weighted by molar-refractivity contribution is -0.0182. The minimum atomic E-state index is 0.311. The fourth-order valence-electron chi connectivity index (χ4n) is 1.91.